The first-order chi connectivity index (χ1) is 21.3. The number of aliphatic hydroxyl groups excluding tert-OH is 1. The number of nitrogens with two attached hydrogens (primary N) is 1. The normalized spacial score (nSPS) is 12.5. The van der Waals surface area contributed by atoms with Gasteiger partial charge in [0.25, 0.3) is 5.69 Å². The van der Waals surface area contributed by atoms with Crippen LogP contribution < -0.4 is 15.2 Å². The molecule has 0 saturated carbocycles. The number of non-ortho nitro benzene ring substituents is 1. The number of rotatable bonds is 13. The Hall–Kier alpha value is -3.26. The van der Waals surface area contributed by atoms with E-state index in [0.717, 1.165) is 83.5 Å². The van der Waals surface area contributed by atoms with Crippen LogP contribution in [0.15, 0.2) is 36.4 Å². The van der Waals surface area contributed by atoms with E-state index in [9.17, 15) is 36.5 Å². The van der Waals surface area contributed by atoms with Gasteiger partial charge in [-0.3, -0.25) is 10.1 Å². The Bertz CT molecular complexity index is 1070. The number of nitro benzene ring substituents is 1. The van der Waals surface area contributed by atoms with Crippen molar-refractivity contribution >= 4 is 11.4 Å². The maximum atomic E-state index is 12.8. The SMILES string of the molecule is C1CCOC1.CCCCCCOc1ccc(N)cc1C(F)(F)F.CCCCCCOc1ccc([N+](=O)[O-])cc1C(F)(F)F.CO. The van der Waals surface area contributed by atoms with E-state index < -0.39 is 34.1 Å². The fourth-order valence-corrected chi connectivity index (χ4v) is 3.81. The minimum Gasteiger partial charge on any atom is -0.493 e. The summed E-state index contributed by atoms with van der Waals surface area (Å²) in [4.78, 5) is 9.66. The van der Waals surface area contributed by atoms with Crippen molar-refractivity contribution < 1.29 is 50.6 Å². The minimum atomic E-state index is -4.68. The summed E-state index contributed by atoms with van der Waals surface area (Å²) < 4.78 is 91.9. The zero-order chi connectivity index (χ0) is 34.3. The highest BCUT2D eigenvalue weighted by atomic mass is 19.4. The summed E-state index contributed by atoms with van der Waals surface area (Å²) in [6.45, 7) is 6.56. The Morgan fingerprint density at radius 2 is 1.22 bits per heavy atom. The Kier molecular flexibility index (Phi) is 21.5. The summed E-state index contributed by atoms with van der Waals surface area (Å²) in [5.74, 6) is -0.507. The van der Waals surface area contributed by atoms with Gasteiger partial charge in [-0.25, -0.2) is 0 Å². The van der Waals surface area contributed by atoms with Gasteiger partial charge in [-0.2, -0.15) is 26.3 Å². The molecular weight excluding hydrogens is 610 g/mol. The largest absolute Gasteiger partial charge is 0.493 e. The topological polar surface area (TPSA) is 117 Å². The predicted molar refractivity (Wildman–Crippen MR) is 161 cm³/mol. The molecule has 3 N–H and O–H groups in total. The quantitative estimate of drug-likeness (QED) is 0.0726. The highest BCUT2D eigenvalue weighted by Crippen LogP contribution is 2.39. The maximum Gasteiger partial charge on any atom is 0.420 e. The predicted octanol–water partition coefficient (Wildman–Crippen LogP) is 9.22. The van der Waals surface area contributed by atoms with Gasteiger partial charge in [-0.15, -0.1) is 0 Å². The number of ether oxygens (including phenoxy) is 3. The molecule has 14 heteroatoms. The number of hydrogen-bond acceptors (Lipinski definition) is 7. The van der Waals surface area contributed by atoms with E-state index in [0.29, 0.717) is 19.1 Å². The lowest BCUT2D eigenvalue weighted by Gasteiger charge is -2.14. The van der Waals surface area contributed by atoms with Crippen LogP contribution in [0.4, 0.5) is 37.7 Å². The number of nitrogens with zero attached hydrogens (tertiary/aromatic N) is 1. The van der Waals surface area contributed by atoms with E-state index in [1.807, 2.05) is 6.92 Å². The first-order valence-corrected chi connectivity index (χ1v) is 14.9. The van der Waals surface area contributed by atoms with Gasteiger partial charge < -0.3 is 25.1 Å². The molecule has 1 fully saturated rings. The lowest BCUT2D eigenvalue weighted by molar-refractivity contribution is -0.385. The standard InChI is InChI=1S/C13H16F3NO3.C13H18F3NO.C4H8O.CH4O/c1-2-3-4-5-8-20-12-7-6-10(17(18)19)9-11(12)13(14,15)16;1-2-3-4-5-8-18-12-7-6-10(17)9-11(12)13(14,15)16;1-2-4-5-3-1;1-2/h6-7,9H,2-5,8H2,1H3;6-7,9H,2-5,8,17H2,1H3;1-4H2;2H,1H3. The second-order valence-corrected chi connectivity index (χ2v) is 9.83. The van der Waals surface area contributed by atoms with Crippen LogP contribution in [0.2, 0.25) is 0 Å². The van der Waals surface area contributed by atoms with Crippen LogP contribution in [-0.2, 0) is 17.1 Å². The highest BCUT2D eigenvalue weighted by Gasteiger charge is 2.36. The van der Waals surface area contributed by atoms with Gasteiger partial charge in [0, 0.05) is 38.1 Å². The summed E-state index contributed by atoms with van der Waals surface area (Å²) >= 11 is 0. The molecule has 0 unspecified atom stereocenters. The van der Waals surface area contributed by atoms with Crippen molar-refractivity contribution in [3.05, 3.63) is 57.6 Å². The van der Waals surface area contributed by atoms with E-state index in [4.69, 9.17) is 25.1 Å². The molecule has 8 nitrogen and oxygen atoms in total. The van der Waals surface area contributed by atoms with Crippen LogP contribution >= 0.6 is 0 Å². The van der Waals surface area contributed by atoms with E-state index in [1.165, 1.54) is 25.0 Å². The molecule has 1 saturated heterocycles. The van der Waals surface area contributed by atoms with Crippen LogP contribution in [0.25, 0.3) is 0 Å². The number of anilines is 1. The zero-order valence-electron chi connectivity index (χ0n) is 26.1. The number of nitro groups is 1. The molecule has 3 rings (SSSR count). The van der Waals surface area contributed by atoms with Crippen molar-refractivity contribution in [2.75, 3.05) is 39.3 Å². The third-order valence-electron chi connectivity index (χ3n) is 6.13. The molecule has 0 amide bonds. The number of alkyl halides is 6. The van der Waals surface area contributed by atoms with Crippen molar-refractivity contribution in [2.45, 2.75) is 90.4 Å². The molecule has 0 aliphatic carbocycles. The van der Waals surface area contributed by atoms with Gasteiger partial charge in [0.05, 0.1) is 23.7 Å². The van der Waals surface area contributed by atoms with Gasteiger partial charge in [0.2, 0.25) is 0 Å². The molecule has 1 heterocycles. The molecule has 2 aromatic carbocycles. The fraction of sp³-hybridized carbons (Fsp3) is 0.613. The van der Waals surface area contributed by atoms with Gasteiger partial charge in [0.15, 0.2) is 0 Å². The molecule has 0 spiro atoms. The molecule has 1 aliphatic heterocycles. The molecule has 0 radical (unpaired) electrons. The molecule has 2 aromatic rings. The monoisotopic (exact) mass is 656 g/mol. The van der Waals surface area contributed by atoms with E-state index in [1.54, 1.807) is 0 Å². The maximum absolute atomic E-state index is 12.8. The van der Waals surface area contributed by atoms with Crippen LogP contribution in [0.5, 0.6) is 11.5 Å². The Labute approximate surface area is 261 Å². The average molecular weight is 657 g/mol. The van der Waals surface area contributed by atoms with Gasteiger partial charge in [0.1, 0.15) is 17.1 Å². The summed E-state index contributed by atoms with van der Waals surface area (Å²) in [6.07, 6.45) is 0.863. The van der Waals surface area contributed by atoms with Crippen molar-refractivity contribution in [1.82, 2.24) is 0 Å². The molecular formula is C31H46F6N2O6. The molecule has 45 heavy (non-hydrogen) atoms. The van der Waals surface area contributed by atoms with Crippen molar-refractivity contribution in [3.63, 3.8) is 0 Å². The first-order valence-electron chi connectivity index (χ1n) is 14.9. The van der Waals surface area contributed by atoms with Gasteiger partial charge in [-0.05, 0) is 49.9 Å². The molecule has 0 aromatic heterocycles. The highest BCUT2D eigenvalue weighted by molar-refractivity contribution is 5.49. The molecule has 0 atom stereocenters. The Morgan fingerprint density at radius 1 is 0.778 bits per heavy atom. The van der Waals surface area contributed by atoms with E-state index in [2.05, 4.69) is 6.92 Å². The lowest BCUT2D eigenvalue weighted by Crippen LogP contribution is -2.10. The van der Waals surface area contributed by atoms with E-state index in [-0.39, 0.29) is 23.8 Å². The molecule has 258 valence electrons. The van der Waals surface area contributed by atoms with Gasteiger partial charge in [-0.1, -0.05) is 52.4 Å². The number of nitrogen functional groups attached to an aromatic ring is 1. The first kappa shape index (κ1) is 41.7. The smallest absolute Gasteiger partial charge is 0.420 e. The Morgan fingerprint density at radius 3 is 1.60 bits per heavy atom. The van der Waals surface area contributed by atoms with Crippen molar-refractivity contribution in [1.29, 1.82) is 0 Å². The fourth-order valence-electron chi connectivity index (χ4n) is 3.81. The molecule has 1 aliphatic rings. The van der Waals surface area contributed by atoms with Crippen LogP contribution in [0.3, 0.4) is 0 Å². The third kappa shape index (κ3) is 18.3. The second kappa shape index (κ2) is 23.1. The lowest BCUT2D eigenvalue weighted by atomic mass is 10.1. The number of aliphatic hydroxyl groups is 1. The summed E-state index contributed by atoms with van der Waals surface area (Å²) in [7, 11) is 1.00. The zero-order valence-corrected chi connectivity index (χ0v) is 26.1. The Balaban J connectivity index is 0.000000711. The van der Waals surface area contributed by atoms with Crippen LogP contribution in [0, 0.1) is 10.1 Å². The minimum absolute atomic E-state index is 0.0839. The summed E-state index contributed by atoms with van der Waals surface area (Å²) in [5, 5.41) is 17.5. The van der Waals surface area contributed by atoms with Crippen LogP contribution in [0.1, 0.15) is 89.2 Å². The van der Waals surface area contributed by atoms with Crippen molar-refractivity contribution in [3.8, 4) is 11.5 Å². The molecule has 0 bridgehead atoms. The average Bonchev–Trinajstić information content (AvgIpc) is 3.59. The summed E-state index contributed by atoms with van der Waals surface area (Å²) in [6, 6.07) is 6.11. The van der Waals surface area contributed by atoms with E-state index >= 15 is 0 Å². The number of halogens is 6. The van der Waals surface area contributed by atoms with Gasteiger partial charge >= 0.3 is 12.4 Å². The number of hydrogen-bond donors (Lipinski definition) is 2. The van der Waals surface area contributed by atoms with Crippen molar-refractivity contribution in [2.24, 2.45) is 0 Å². The summed E-state index contributed by atoms with van der Waals surface area (Å²) in [5.41, 5.74) is 2.93. The van der Waals surface area contributed by atoms with Crippen LogP contribution in [-0.4, -0.2) is 43.6 Å². The third-order valence-corrected chi connectivity index (χ3v) is 6.13. The second-order valence-electron chi connectivity index (χ2n) is 9.83. The number of benzene rings is 2. The number of unbranched alkanes of at least 4 members (excludes halogenated alkanes) is 6.